The molecule has 0 spiro atoms. The Bertz CT molecular complexity index is 898. The topological polar surface area (TPSA) is 61.8 Å². The maximum absolute atomic E-state index is 13.3. The number of alkyl halides is 3. The van der Waals surface area contributed by atoms with Gasteiger partial charge in [0.15, 0.2) is 5.65 Å². The molecule has 0 saturated heterocycles. The molecule has 1 aromatic carbocycles. The van der Waals surface area contributed by atoms with Crippen LogP contribution in [-0.2, 0) is 11.6 Å². The number of fused-ring (bicyclic) bond motifs is 1. The van der Waals surface area contributed by atoms with Crippen LogP contribution >= 0.6 is 0 Å². The lowest BCUT2D eigenvalue weighted by Gasteiger charge is -2.26. The first kappa shape index (κ1) is 17.4. The van der Waals surface area contributed by atoms with E-state index in [4.69, 9.17) is 0 Å². The van der Waals surface area contributed by atoms with Crippen molar-refractivity contribution in [3.05, 3.63) is 47.8 Å². The van der Waals surface area contributed by atoms with Gasteiger partial charge in [0, 0.05) is 11.6 Å². The predicted octanol–water partition coefficient (Wildman–Crippen LogP) is 4.30. The first-order chi connectivity index (χ1) is 11.8. The Morgan fingerprint density at radius 3 is 2.60 bits per heavy atom. The quantitative estimate of drug-likeness (QED) is 0.738. The van der Waals surface area contributed by atoms with E-state index in [9.17, 15) is 18.3 Å². The highest BCUT2D eigenvalue weighted by Crippen LogP contribution is 2.38. The maximum Gasteiger partial charge on any atom is 0.433 e. The maximum atomic E-state index is 13.3. The zero-order valence-corrected chi connectivity index (χ0v) is 13.9. The van der Waals surface area contributed by atoms with Crippen LogP contribution in [0.1, 0.15) is 31.5 Å². The Hall–Kier alpha value is -2.41. The molecule has 2 aromatic heterocycles. The second-order valence-electron chi connectivity index (χ2n) is 6.31. The molecular weight excluding hydrogens is 331 g/mol. The zero-order valence-electron chi connectivity index (χ0n) is 13.9. The van der Waals surface area contributed by atoms with E-state index in [-0.39, 0.29) is 17.6 Å². The van der Waals surface area contributed by atoms with Crippen LogP contribution in [0.25, 0.3) is 22.2 Å². The number of halogens is 3. The van der Waals surface area contributed by atoms with Crippen molar-refractivity contribution in [2.45, 2.75) is 31.9 Å². The normalized spacial score (nSPS) is 14.6. The fourth-order valence-corrected chi connectivity index (χ4v) is 2.86. The summed E-state index contributed by atoms with van der Waals surface area (Å²) >= 11 is 0. The van der Waals surface area contributed by atoms with Gasteiger partial charge in [-0.3, -0.25) is 5.10 Å². The summed E-state index contributed by atoms with van der Waals surface area (Å²) in [4.78, 5) is 3.92. The van der Waals surface area contributed by atoms with Crippen molar-refractivity contribution in [3.63, 3.8) is 0 Å². The van der Waals surface area contributed by atoms with Gasteiger partial charge in [0.2, 0.25) is 0 Å². The molecule has 2 N–H and O–H groups in total. The minimum Gasteiger partial charge on any atom is -0.395 e. The third kappa shape index (κ3) is 3.00. The van der Waals surface area contributed by atoms with E-state index in [0.29, 0.717) is 17.5 Å². The lowest BCUT2D eigenvalue weighted by molar-refractivity contribution is -0.139. The molecule has 3 aromatic rings. The van der Waals surface area contributed by atoms with E-state index in [0.717, 1.165) is 5.56 Å². The van der Waals surface area contributed by atoms with Crippen molar-refractivity contribution in [2.24, 2.45) is 0 Å². The number of aliphatic hydroxyl groups excluding tert-OH is 1. The SMILES string of the molecule is CCC(C)(CO)c1cccc(-c2ccnc3n[nH]c(C(F)(F)F)c23)c1. The van der Waals surface area contributed by atoms with Gasteiger partial charge >= 0.3 is 6.18 Å². The number of aromatic nitrogens is 3. The van der Waals surface area contributed by atoms with Crippen molar-refractivity contribution in [2.75, 3.05) is 6.61 Å². The standard InChI is InChI=1S/C18H18F3N3O/c1-3-17(2,10-25)12-6-4-5-11(9-12)13-7-8-22-16-14(13)15(23-24-16)18(19,20)21/h4-9,25H,3,10H2,1-2H3,(H,22,23,24). The van der Waals surface area contributed by atoms with Gasteiger partial charge in [-0.1, -0.05) is 38.1 Å². The first-order valence-corrected chi connectivity index (χ1v) is 7.92. The van der Waals surface area contributed by atoms with Gasteiger partial charge in [0.1, 0.15) is 5.69 Å². The summed E-state index contributed by atoms with van der Waals surface area (Å²) in [5.41, 5.74) is 0.573. The van der Waals surface area contributed by atoms with Gasteiger partial charge in [-0.05, 0) is 29.2 Å². The Balaban J connectivity index is 2.23. The van der Waals surface area contributed by atoms with Crippen molar-refractivity contribution < 1.29 is 18.3 Å². The second-order valence-corrected chi connectivity index (χ2v) is 6.31. The van der Waals surface area contributed by atoms with Gasteiger partial charge in [-0.15, -0.1) is 0 Å². The number of rotatable bonds is 4. The van der Waals surface area contributed by atoms with Crippen LogP contribution in [0, 0.1) is 0 Å². The van der Waals surface area contributed by atoms with E-state index >= 15 is 0 Å². The van der Waals surface area contributed by atoms with Crippen LogP contribution in [-0.4, -0.2) is 26.9 Å². The van der Waals surface area contributed by atoms with E-state index in [1.165, 1.54) is 6.20 Å². The van der Waals surface area contributed by atoms with E-state index in [1.54, 1.807) is 18.2 Å². The molecule has 0 saturated carbocycles. The first-order valence-electron chi connectivity index (χ1n) is 7.92. The minimum atomic E-state index is -4.55. The fraction of sp³-hybridized carbons (Fsp3) is 0.333. The molecule has 0 fully saturated rings. The van der Waals surface area contributed by atoms with Gasteiger partial charge in [0.25, 0.3) is 0 Å². The molecule has 1 unspecified atom stereocenters. The second kappa shape index (κ2) is 6.15. The molecular formula is C18H18F3N3O. The van der Waals surface area contributed by atoms with E-state index < -0.39 is 17.3 Å². The number of nitrogens with zero attached hydrogens (tertiary/aromatic N) is 2. The molecule has 3 rings (SSSR count). The number of hydrogen-bond donors (Lipinski definition) is 2. The Kier molecular flexibility index (Phi) is 4.28. The average Bonchev–Trinajstić information content (AvgIpc) is 3.05. The number of H-pyrrole nitrogens is 1. The van der Waals surface area contributed by atoms with Crippen LogP contribution in [0.3, 0.4) is 0 Å². The summed E-state index contributed by atoms with van der Waals surface area (Å²) in [6.07, 6.45) is -2.40. The Morgan fingerprint density at radius 2 is 1.96 bits per heavy atom. The molecule has 2 heterocycles. The number of benzene rings is 1. The van der Waals surface area contributed by atoms with E-state index in [1.807, 2.05) is 26.0 Å². The molecule has 0 radical (unpaired) electrons. The molecule has 0 aliphatic carbocycles. The monoisotopic (exact) mass is 349 g/mol. The third-order valence-corrected chi connectivity index (χ3v) is 4.74. The van der Waals surface area contributed by atoms with Crippen molar-refractivity contribution in [3.8, 4) is 11.1 Å². The Morgan fingerprint density at radius 1 is 1.20 bits per heavy atom. The zero-order chi connectivity index (χ0) is 18.2. The summed E-state index contributed by atoms with van der Waals surface area (Å²) in [6, 6.07) is 8.78. The van der Waals surface area contributed by atoms with Crippen LogP contribution in [0.15, 0.2) is 36.5 Å². The van der Waals surface area contributed by atoms with E-state index in [2.05, 4.69) is 15.2 Å². The third-order valence-electron chi connectivity index (χ3n) is 4.74. The smallest absolute Gasteiger partial charge is 0.395 e. The molecule has 0 aliphatic rings. The molecule has 7 heteroatoms. The highest BCUT2D eigenvalue weighted by Gasteiger charge is 2.36. The van der Waals surface area contributed by atoms with Crippen molar-refractivity contribution >= 4 is 11.0 Å². The summed E-state index contributed by atoms with van der Waals surface area (Å²) in [7, 11) is 0. The Labute approximate surface area is 142 Å². The molecule has 0 amide bonds. The van der Waals surface area contributed by atoms with Crippen LogP contribution in [0.4, 0.5) is 13.2 Å². The van der Waals surface area contributed by atoms with Crippen LogP contribution in [0.2, 0.25) is 0 Å². The minimum absolute atomic E-state index is 0.0237. The van der Waals surface area contributed by atoms with Crippen LogP contribution < -0.4 is 0 Å². The fourth-order valence-electron chi connectivity index (χ4n) is 2.86. The van der Waals surface area contributed by atoms with Gasteiger partial charge in [-0.25, -0.2) is 4.98 Å². The number of pyridine rings is 1. The molecule has 1 atom stereocenters. The number of nitrogens with one attached hydrogen (secondary N) is 1. The molecule has 132 valence electrons. The summed E-state index contributed by atoms with van der Waals surface area (Å²) in [5.74, 6) is 0. The highest BCUT2D eigenvalue weighted by molar-refractivity contribution is 5.94. The number of aromatic amines is 1. The van der Waals surface area contributed by atoms with Gasteiger partial charge < -0.3 is 5.11 Å². The number of aliphatic hydroxyl groups is 1. The molecule has 0 aliphatic heterocycles. The summed E-state index contributed by atoms with van der Waals surface area (Å²) in [5, 5.41) is 15.4. The van der Waals surface area contributed by atoms with Gasteiger partial charge in [0.05, 0.1) is 12.0 Å². The summed E-state index contributed by atoms with van der Waals surface area (Å²) in [6.45, 7) is 3.84. The lowest BCUT2D eigenvalue weighted by Crippen LogP contribution is -2.25. The van der Waals surface area contributed by atoms with Gasteiger partial charge in [-0.2, -0.15) is 18.3 Å². The number of hydrogen-bond acceptors (Lipinski definition) is 3. The lowest BCUT2D eigenvalue weighted by atomic mass is 9.80. The summed E-state index contributed by atoms with van der Waals surface area (Å²) < 4.78 is 39.9. The van der Waals surface area contributed by atoms with Crippen molar-refractivity contribution in [1.82, 2.24) is 15.2 Å². The van der Waals surface area contributed by atoms with Crippen molar-refractivity contribution in [1.29, 1.82) is 0 Å². The molecule has 0 bridgehead atoms. The van der Waals surface area contributed by atoms with Crippen LogP contribution in [0.5, 0.6) is 0 Å². The average molecular weight is 349 g/mol. The predicted molar refractivity (Wildman–Crippen MR) is 89.1 cm³/mol. The highest BCUT2D eigenvalue weighted by atomic mass is 19.4. The largest absolute Gasteiger partial charge is 0.433 e. The molecule has 25 heavy (non-hydrogen) atoms. The molecule has 4 nitrogen and oxygen atoms in total.